The number of hydrogen-bond acceptors (Lipinski definition) is 4. The molecule has 108 valence electrons. The fourth-order valence-corrected chi connectivity index (χ4v) is 2.02. The van der Waals surface area contributed by atoms with Crippen LogP contribution in [0.4, 0.5) is 11.4 Å². The normalized spacial score (nSPS) is 15.2. The summed E-state index contributed by atoms with van der Waals surface area (Å²) in [5.74, 6) is -0.814. The lowest BCUT2D eigenvalue weighted by atomic mass is 10.2. The van der Waals surface area contributed by atoms with Crippen molar-refractivity contribution < 1.29 is 19.4 Å². The number of carboxylic acids is 1. The fourth-order valence-electron chi connectivity index (χ4n) is 2.02. The Balaban J connectivity index is 1.86. The molecule has 0 saturated carbocycles. The lowest BCUT2D eigenvalue weighted by molar-refractivity contribution is -0.137. The van der Waals surface area contributed by atoms with Crippen molar-refractivity contribution in [1.29, 1.82) is 0 Å². The Morgan fingerprint density at radius 2 is 2.10 bits per heavy atom. The summed E-state index contributed by atoms with van der Waals surface area (Å²) >= 11 is 0. The van der Waals surface area contributed by atoms with Crippen LogP contribution in [0.1, 0.15) is 12.8 Å². The highest BCUT2D eigenvalue weighted by Gasteiger charge is 2.19. The topological polar surface area (TPSA) is 78.9 Å². The number of carboxylic acid groups (broad SMARTS) is 1. The molecule has 0 unspecified atom stereocenters. The van der Waals surface area contributed by atoms with Gasteiger partial charge in [-0.05, 0) is 30.7 Å². The summed E-state index contributed by atoms with van der Waals surface area (Å²) in [5, 5.41) is 11.7. The van der Waals surface area contributed by atoms with Crippen molar-refractivity contribution in [2.45, 2.75) is 12.8 Å². The standard InChI is InChI=1S/C14H18N2O4/c17-13-10-20-9-8-16(13)12-5-3-11(4-6-12)15-7-1-2-14(18)19/h3-6,15H,1-2,7-10H2,(H,18,19). The van der Waals surface area contributed by atoms with Gasteiger partial charge in [0.1, 0.15) is 6.61 Å². The van der Waals surface area contributed by atoms with Crippen LogP contribution in [0, 0.1) is 0 Å². The van der Waals surface area contributed by atoms with Crippen molar-refractivity contribution in [3.8, 4) is 0 Å². The van der Waals surface area contributed by atoms with Crippen LogP contribution in [0.25, 0.3) is 0 Å². The van der Waals surface area contributed by atoms with Gasteiger partial charge in [-0.15, -0.1) is 0 Å². The largest absolute Gasteiger partial charge is 0.481 e. The van der Waals surface area contributed by atoms with Crippen LogP contribution < -0.4 is 10.2 Å². The summed E-state index contributed by atoms with van der Waals surface area (Å²) in [6, 6.07) is 7.53. The van der Waals surface area contributed by atoms with E-state index < -0.39 is 5.97 Å². The number of benzene rings is 1. The number of morpholine rings is 1. The van der Waals surface area contributed by atoms with E-state index in [0.717, 1.165) is 11.4 Å². The average molecular weight is 278 g/mol. The van der Waals surface area contributed by atoms with E-state index in [4.69, 9.17) is 9.84 Å². The van der Waals surface area contributed by atoms with Crippen LogP contribution in [0.15, 0.2) is 24.3 Å². The Labute approximate surface area is 117 Å². The van der Waals surface area contributed by atoms with E-state index in [0.29, 0.717) is 26.1 Å². The molecule has 1 aromatic rings. The third-order valence-electron chi connectivity index (χ3n) is 3.06. The lowest BCUT2D eigenvalue weighted by Gasteiger charge is -2.26. The maximum Gasteiger partial charge on any atom is 0.303 e. The maximum absolute atomic E-state index is 11.7. The molecule has 20 heavy (non-hydrogen) atoms. The molecule has 1 aromatic carbocycles. The van der Waals surface area contributed by atoms with Crippen LogP contribution in [-0.2, 0) is 14.3 Å². The summed E-state index contributed by atoms with van der Waals surface area (Å²) in [5.41, 5.74) is 1.77. The first-order valence-corrected chi connectivity index (χ1v) is 6.60. The van der Waals surface area contributed by atoms with E-state index in [1.807, 2.05) is 24.3 Å². The predicted molar refractivity (Wildman–Crippen MR) is 75.0 cm³/mol. The molecule has 1 aliphatic heterocycles. The Kier molecular flexibility index (Phi) is 4.95. The molecule has 0 aliphatic carbocycles. The predicted octanol–water partition coefficient (Wildman–Crippen LogP) is 1.33. The summed E-state index contributed by atoms with van der Waals surface area (Å²) in [7, 11) is 0. The molecule has 1 aliphatic rings. The van der Waals surface area contributed by atoms with Gasteiger partial charge in [0.25, 0.3) is 5.91 Å². The SMILES string of the molecule is O=C(O)CCCNc1ccc(N2CCOCC2=O)cc1. The highest BCUT2D eigenvalue weighted by molar-refractivity contribution is 5.94. The van der Waals surface area contributed by atoms with E-state index in [2.05, 4.69) is 5.32 Å². The molecule has 0 radical (unpaired) electrons. The molecule has 6 heteroatoms. The van der Waals surface area contributed by atoms with Crippen molar-refractivity contribution in [1.82, 2.24) is 0 Å². The van der Waals surface area contributed by atoms with Crippen molar-refractivity contribution in [3.63, 3.8) is 0 Å². The molecule has 2 rings (SSSR count). The Morgan fingerprint density at radius 1 is 1.35 bits per heavy atom. The van der Waals surface area contributed by atoms with Crippen molar-refractivity contribution >= 4 is 23.3 Å². The molecule has 1 heterocycles. The summed E-state index contributed by atoms with van der Waals surface area (Å²) in [6.07, 6.45) is 0.742. The Hall–Kier alpha value is -2.08. The van der Waals surface area contributed by atoms with Gasteiger partial charge in [0.2, 0.25) is 0 Å². The molecule has 0 spiro atoms. The molecule has 6 nitrogen and oxygen atoms in total. The number of ether oxygens (including phenoxy) is 1. The van der Waals surface area contributed by atoms with E-state index in [-0.39, 0.29) is 18.9 Å². The van der Waals surface area contributed by atoms with Gasteiger partial charge in [-0.2, -0.15) is 0 Å². The molecule has 1 saturated heterocycles. The van der Waals surface area contributed by atoms with E-state index in [1.165, 1.54) is 0 Å². The van der Waals surface area contributed by atoms with Gasteiger partial charge in [-0.3, -0.25) is 9.59 Å². The fraction of sp³-hybridized carbons (Fsp3) is 0.429. The molecular formula is C14H18N2O4. The van der Waals surface area contributed by atoms with Gasteiger partial charge in [0.05, 0.1) is 6.61 Å². The highest BCUT2D eigenvalue weighted by atomic mass is 16.5. The Morgan fingerprint density at radius 3 is 2.75 bits per heavy atom. The molecule has 0 bridgehead atoms. The zero-order chi connectivity index (χ0) is 14.4. The van der Waals surface area contributed by atoms with Gasteiger partial charge in [-0.1, -0.05) is 0 Å². The van der Waals surface area contributed by atoms with Gasteiger partial charge in [-0.25, -0.2) is 0 Å². The molecule has 2 N–H and O–H groups in total. The summed E-state index contributed by atoms with van der Waals surface area (Å²) < 4.78 is 5.09. The van der Waals surface area contributed by atoms with Crippen LogP contribution in [0.2, 0.25) is 0 Å². The minimum absolute atomic E-state index is 0.0292. The number of anilines is 2. The first-order chi connectivity index (χ1) is 9.66. The molecule has 0 atom stereocenters. The number of amides is 1. The monoisotopic (exact) mass is 278 g/mol. The quantitative estimate of drug-likeness (QED) is 0.767. The number of carbonyl (C=O) groups is 2. The van der Waals surface area contributed by atoms with E-state index >= 15 is 0 Å². The number of carbonyl (C=O) groups excluding carboxylic acids is 1. The summed E-state index contributed by atoms with van der Waals surface area (Å²) in [4.78, 5) is 23.8. The number of nitrogens with zero attached hydrogens (tertiary/aromatic N) is 1. The maximum atomic E-state index is 11.7. The van der Waals surface area contributed by atoms with Crippen molar-refractivity contribution in [3.05, 3.63) is 24.3 Å². The van der Waals surface area contributed by atoms with Gasteiger partial charge < -0.3 is 20.1 Å². The zero-order valence-electron chi connectivity index (χ0n) is 11.2. The van der Waals surface area contributed by atoms with Gasteiger partial charge in [0, 0.05) is 30.9 Å². The van der Waals surface area contributed by atoms with Crippen LogP contribution in [-0.4, -0.2) is 43.3 Å². The van der Waals surface area contributed by atoms with Crippen LogP contribution in [0.3, 0.4) is 0 Å². The molecule has 1 amide bonds. The lowest BCUT2D eigenvalue weighted by Crippen LogP contribution is -2.41. The van der Waals surface area contributed by atoms with E-state index in [1.54, 1.807) is 4.90 Å². The second kappa shape index (κ2) is 6.91. The first-order valence-electron chi connectivity index (χ1n) is 6.60. The third-order valence-corrected chi connectivity index (χ3v) is 3.06. The number of hydrogen-bond donors (Lipinski definition) is 2. The number of nitrogens with one attached hydrogen (secondary N) is 1. The zero-order valence-corrected chi connectivity index (χ0v) is 11.2. The number of rotatable bonds is 6. The number of aliphatic carboxylic acids is 1. The molecule has 1 fully saturated rings. The van der Waals surface area contributed by atoms with Gasteiger partial charge in [0.15, 0.2) is 0 Å². The van der Waals surface area contributed by atoms with E-state index in [9.17, 15) is 9.59 Å². The smallest absolute Gasteiger partial charge is 0.303 e. The van der Waals surface area contributed by atoms with Crippen molar-refractivity contribution in [2.24, 2.45) is 0 Å². The average Bonchev–Trinajstić information content (AvgIpc) is 2.45. The minimum Gasteiger partial charge on any atom is -0.481 e. The molecule has 0 aromatic heterocycles. The second-order valence-corrected chi connectivity index (χ2v) is 4.57. The van der Waals surface area contributed by atoms with Crippen molar-refractivity contribution in [2.75, 3.05) is 36.5 Å². The Bertz CT molecular complexity index is 473. The minimum atomic E-state index is -0.784. The highest BCUT2D eigenvalue weighted by Crippen LogP contribution is 2.19. The second-order valence-electron chi connectivity index (χ2n) is 4.57. The third kappa shape index (κ3) is 3.96. The molecular weight excluding hydrogens is 260 g/mol. The summed E-state index contributed by atoms with van der Waals surface area (Å²) in [6.45, 7) is 1.88. The first kappa shape index (κ1) is 14.3. The van der Waals surface area contributed by atoms with Gasteiger partial charge >= 0.3 is 5.97 Å². The van der Waals surface area contributed by atoms with Crippen LogP contribution >= 0.6 is 0 Å². The van der Waals surface area contributed by atoms with Crippen LogP contribution in [0.5, 0.6) is 0 Å².